The molecule has 150 valence electrons. The fraction of sp³-hybridized carbons (Fsp3) is 0.650. The molecule has 3 rings (SSSR count). The van der Waals surface area contributed by atoms with Gasteiger partial charge in [0, 0.05) is 12.6 Å². The Labute approximate surface area is 162 Å². The highest BCUT2D eigenvalue weighted by molar-refractivity contribution is 7.89. The summed E-state index contributed by atoms with van der Waals surface area (Å²) in [5.74, 6) is 0.188. The number of nitrogens with one attached hydrogen (secondary N) is 2. The van der Waals surface area contributed by atoms with Crippen molar-refractivity contribution in [3.63, 3.8) is 0 Å². The molecule has 0 bridgehead atoms. The van der Waals surface area contributed by atoms with Gasteiger partial charge in [0.05, 0.1) is 4.90 Å². The molecule has 2 saturated heterocycles. The number of hydrogen-bond acceptors (Lipinski definition) is 4. The number of rotatable bonds is 4. The van der Waals surface area contributed by atoms with Gasteiger partial charge in [-0.2, -0.15) is 4.31 Å². The van der Waals surface area contributed by atoms with E-state index in [4.69, 9.17) is 0 Å². The lowest BCUT2D eigenvalue weighted by atomic mass is 9.95. The van der Waals surface area contributed by atoms with Gasteiger partial charge in [-0.1, -0.05) is 24.6 Å². The van der Waals surface area contributed by atoms with Crippen LogP contribution < -0.4 is 10.6 Å². The molecule has 0 spiro atoms. The highest BCUT2D eigenvalue weighted by Gasteiger charge is 2.41. The number of benzene rings is 1. The van der Waals surface area contributed by atoms with Crippen molar-refractivity contribution in [2.75, 3.05) is 19.6 Å². The summed E-state index contributed by atoms with van der Waals surface area (Å²) in [4.78, 5) is 13.3. The summed E-state index contributed by atoms with van der Waals surface area (Å²) in [5, 5.41) is 6.44. The van der Waals surface area contributed by atoms with E-state index in [1.54, 1.807) is 0 Å². The molecule has 1 aromatic rings. The molecule has 6 nitrogen and oxygen atoms in total. The van der Waals surface area contributed by atoms with E-state index in [0.29, 0.717) is 30.2 Å². The summed E-state index contributed by atoms with van der Waals surface area (Å²) in [7, 11) is -3.71. The van der Waals surface area contributed by atoms with Crippen LogP contribution in [0.3, 0.4) is 0 Å². The van der Waals surface area contributed by atoms with Crippen LogP contribution in [0.25, 0.3) is 0 Å². The molecular formula is C20H31N3O3S. The average molecular weight is 394 g/mol. The lowest BCUT2D eigenvalue weighted by Gasteiger charge is -2.32. The van der Waals surface area contributed by atoms with Crippen LogP contribution in [0.4, 0.5) is 0 Å². The maximum Gasteiger partial charge on any atom is 0.244 e. The van der Waals surface area contributed by atoms with E-state index in [0.717, 1.165) is 36.2 Å². The van der Waals surface area contributed by atoms with Crippen LogP contribution in [0.5, 0.6) is 0 Å². The Bertz CT molecular complexity index is 799. The number of sulfonamides is 1. The first-order chi connectivity index (χ1) is 12.7. The zero-order valence-corrected chi connectivity index (χ0v) is 17.5. The number of carbonyl (C=O) groups is 1. The molecule has 7 heteroatoms. The quantitative estimate of drug-likeness (QED) is 0.819. The highest BCUT2D eigenvalue weighted by atomic mass is 32.2. The molecule has 0 saturated carbocycles. The normalized spacial score (nSPS) is 26.9. The number of carbonyl (C=O) groups excluding carboxylic acids is 1. The Morgan fingerprint density at radius 2 is 1.85 bits per heavy atom. The summed E-state index contributed by atoms with van der Waals surface area (Å²) in [6.07, 6.45) is 2.17. The minimum atomic E-state index is -3.71. The molecule has 27 heavy (non-hydrogen) atoms. The summed E-state index contributed by atoms with van der Waals surface area (Å²) in [6, 6.07) is 3.27. The van der Waals surface area contributed by atoms with Gasteiger partial charge in [-0.05, 0) is 70.2 Å². The summed E-state index contributed by atoms with van der Waals surface area (Å²) < 4.78 is 28.2. The molecule has 2 aliphatic rings. The van der Waals surface area contributed by atoms with Crippen molar-refractivity contribution in [2.24, 2.45) is 5.92 Å². The Morgan fingerprint density at radius 3 is 2.48 bits per heavy atom. The third-order valence-corrected chi connectivity index (χ3v) is 8.01. The van der Waals surface area contributed by atoms with Crippen molar-refractivity contribution >= 4 is 15.9 Å². The molecule has 1 amide bonds. The Kier molecular flexibility index (Phi) is 5.93. The Morgan fingerprint density at radius 1 is 1.19 bits per heavy atom. The minimum Gasteiger partial charge on any atom is -0.352 e. The summed E-state index contributed by atoms with van der Waals surface area (Å²) >= 11 is 0. The predicted octanol–water partition coefficient (Wildman–Crippen LogP) is 1.88. The van der Waals surface area contributed by atoms with E-state index in [2.05, 4.69) is 17.6 Å². The molecule has 2 N–H and O–H groups in total. The van der Waals surface area contributed by atoms with Gasteiger partial charge in [0.1, 0.15) is 6.04 Å². The Balaban J connectivity index is 1.84. The van der Waals surface area contributed by atoms with Crippen LogP contribution in [0, 0.1) is 26.7 Å². The fourth-order valence-electron chi connectivity index (χ4n) is 4.49. The van der Waals surface area contributed by atoms with E-state index in [1.807, 2.05) is 32.9 Å². The molecule has 2 heterocycles. The molecule has 2 aliphatic heterocycles. The molecule has 3 unspecified atom stereocenters. The van der Waals surface area contributed by atoms with Gasteiger partial charge >= 0.3 is 0 Å². The smallest absolute Gasteiger partial charge is 0.244 e. The first-order valence-electron chi connectivity index (χ1n) is 9.82. The molecule has 2 fully saturated rings. The fourth-order valence-corrected chi connectivity index (χ4v) is 6.56. The minimum absolute atomic E-state index is 0.103. The van der Waals surface area contributed by atoms with Gasteiger partial charge < -0.3 is 10.6 Å². The van der Waals surface area contributed by atoms with Crippen LogP contribution in [-0.2, 0) is 14.8 Å². The van der Waals surface area contributed by atoms with E-state index in [-0.39, 0.29) is 11.9 Å². The van der Waals surface area contributed by atoms with E-state index in [1.165, 1.54) is 4.31 Å². The SMILES string of the molecule is Cc1cc(C)c(S(=O)(=O)N2CCCC2C(=O)NC2CCNCC2C)c(C)c1. The molecule has 0 aromatic heterocycles. The van der Waals surface area contributed by atoms with Crippen molar-refractivity contribution < 1.29 is 13.2 Å². The van der Waals surface area contributed by atoms with Gasteiger partial charge in [0.25, 0.3) is 0 Å². The van der Waals surface area contributed by atoms with Crippen LogP contribution >= 0.6 is 0 Å². The topological polar surface area (TPSA) is 78.5 Å². The monoisotopic (exact) mass is 393 g/mol. The first kappa shape index (κ1) is 20.3. The van der Waals surface area contributed by atoms with E-state index in [9.17, 15) is 13.2 Å². The van der Waals surface area contributed by atoms with Crippen LogP contribution in [0.1, 0.15) is 42.9 Å². The van der Waals surface area contributed by atoms with Crippen molar-refractivity contribution in [2.45, 2.75) is 63.9 Å². The second-order valence-electron chi connectivity index (χ2n) is 8.09. The standard InChI is InChI=1S/C20H31N3O3S/c1-13-10-14(2)19(15(3)11-13)27(25,26)23-9-5-6-18(23)20(24)22-17-7-8-21-12-16(17)4/h10-11,16-18,21H,5-9,12H2,1-4H3,(H,22,24). The van der Waals surface area contributed by atoms with Crippen molar-refractivity contribution in [1.29, 1.82) is 0 Å². The number of hydrogen-bond donors (Lipinski definition) is 2. The van der Waals surface area contributed by atoms with Crippen molar-refractivity contribution in [3.8, 4) is 0 Å². The molecule has 0 aliphatic carbocycles. The lowest BCUT2D eigenvalue weighted by molar-refractivity contribution is -0.125. The predicted molar refractivity (Wildman–Crippen MR) is 106 cm³/mol. The third kappa shape index (κ3) is 4.05. The zero-order chi connectivity index (χ0) is 19.8. The maximum absolute atomic E-state index is 13.4. The Hall–Kier alpha value is -1.44. The van der Waals surface area contributed by atoms with E-state index >= 15 is 0 Å². The third-order valence-electron chi connectivity index (χ3n) is 5.79. The number of piperidine rings is 1. The summed E-state index contributed by atoms with van der Waals surface area (Å²) in [5.41, 5.74) is 2.52. The molecule has 0 radical (unpaired) electrons. The molecule has 1 aromatic carbocycles. The number of nitrogens with zero attached hydrogens (tertiary/aromatic N) is 1. The van der Waals surface area contributed by atoms with E-state index < -0.39 is 16.1 Å². The van der Waals surface area contributed by atoms with Crippen LogP contribution in [0.2, 0.25) is 0 Å². The number of amides is 1. The second-order valence-corrected chi connectivity index (χ2v) is 9.91. The second kappa shape index (κ2) is 7.89. The van der Waals surface area contributed by atoms with Gasteiger partial charge in [-0.25, -0.2) is 8.42 Å². The van der Waals surface area contributed by atoms with Gasteiger partial charge in [-0.3, -0.25) is 4.79 Å². The summed E-state index contributed by atoms with van der Waals surface area (Å²) in [6.45, 7) is 9.88. The highest BCUT2D eigenvalue weighted by Crippen LogP contribution is 2.31. The van der Waals surface area contributed by atoms with Crippen molar-refractivity contribution in [1.82, 2.24) is 14.9 Å². The average Bonchev–Trinajstić information content (AvgIpc) is 3.06. The zero-order valence-electron chi connectivity index (χ0n) is 16.7. The first-order valence-corrected chi connectivity index (χ1v) is 11.3. The maximum atomic E-state index is 13.4. The largest absolute Gasteiger partial charge is 0.352 e. The lowest BCUT2D eigenvalue weighted by Crippen LogP contribution is -2.53. The number of aryl methyl sites for hydroxylation is 3. The molecular weight excluding hydrogens is 362 g/mol. The van der Waals surface area contributed by atoms with Gasteiger partial charge in [0.2, 0.25) is 15.9 Å². The molecule has 3 atom stereocenters. The van der Waals surface area contributed by atoms with Gasteiger partial charge in [0.15, 0.2) is 0 Å². The van der Waals surface area contributed by atoms with Gasteiger partial charge in [-0.15, -0.1) is 0 Å². The van der Waals surface area contributed by atoms with Crippen LogP contribution in [-0.4, -0.2) is 50.3 Å². The van der Waals surface area contributed by atoms with Crippen molar-refractivity contribution in [3.05, 3.63) is 28.8 Å². The van der Waals surface area contributed by atoms with Crippen LogP contribution in [0.15, 0.2) is 17.0 Å².